The molecule has 0 saturated heterocycles. The lowest BCUT2D eigenvalue weighted by atomic mass is 10.3. The Morgan fingerprint density at radius 2 is 2.11 bits per heavy atom. The summed E-state index contributed by atoms with van der Waals surface area (Å²) in [6.07, 6.45) is -4.72. The monoisotopic (exact) mass is 262 g/mol. The van der Waals surface area contributed by atoms with Gasteiger partial charge in [0.25, 0.3) is 0 Å². The Balaban J connectivity index is 2.57. The molecule has 1 amide bonds. The van der Waals surface area contributed by atoms with E-state index in [1.165, 1.54) is 18.2 Å². The van der Waals surface area contributed by atoms with Crippen molar-refractivity contribution in [3.05, 3.63) is 24.3 Å². The van der Waals surface area contributed by atoms with Gasteiger partial charge in [0.2, 0.25) is 5.91 Å². The van der Waals surface area contributed by atoms with Gasteiger partial charge in [0.15, 0.2) is 0 Å². The molecule has 0 aliphatic heterocycles. The first kappa shape index (κ1) is 14.1. The van der Waals surface area contributed by atoms with E-state index in [9.17, 15) is 18.0 Å². The van der Waals surface area contributed by atoms with Crippen molar-refractivity contribution in [2.75, 3.05) is 18.4 Å². The van der Waals surface area contributed by atoms with Crippen LogP contribution in [-0.2, 0) is 4.79 Å². The van der Waals surface area contributed by atoms with Crippen LogP contribution in [0, 0.1) is 0 Å². The molecule has 0 radical (unpaired) electrons. The van der Waals surface area contributed by atoms with Crippen LogP contribution in [0.5, 0.6) is 5.75 Å². The number of halogens is 3. The van der Waals surface area contributed by atoms with Crippen molar-refractivity contribution in [1.29, 1.82) is 0 Å². The number of benzene rings is 1. The predicted octanol–water partition coefficient (Wildman–Crippen LogP) is 2.13. The maximum atomic E-state index is 12.0. The van der Waals surface area contributed by atoms with Gasteiger partial charge in [0.1, 0.15) is 5.75 Å². The summed E-state index contributed by atoms with van der Waals surface area (Å²) < 4.78 is 39.7. The summed E-state index contributed by atoms with van der Waals surface area (Å²) in [7, 11) is 0. The van der Waals surface area contributed by atoms with Crippen LogP contribution in [0.3, 0.4) is 0 Å². The van der Waals surface area contributed by atoms with E-state index >= 15 is 0 Å². The molecule has 0 aromatic heterocycles. The lowest BCUT2D eigenvalue weighted by Crippen LogP contribution is -2.29. The average Bonchev–Trinajstić information content (AvgIpc) is 2.25. The van der Waals surface area contributed by atoms with E-state index in [-0.39, 0.29) is 18.2 Å². The molecule has 1 aromatic rings. The molecule has 0 heterocycles. The van der Waals surface area contributed by atoms with E-state index in [4.69, 9.17) is 0 Å². The first-order valence-corrected chi connectivity index (χ1v) is 5.27. The summed E-state index contributed by atoms with van der Waals surface area (Å²) in [5.74, 6) is -0.567. The second-order valence-corrected chi connectivity index (χ2v) is 3.38. The standard InChI is InChI=1S/C11H13F3N2O2/c1-2-15-10(17)7-16-8-4-3-5-9(6-8)18-11(12,13)14/h3-6,16H,2,7H2,1H3,(H,15,17). The highest BCUT2D eigenvalue weighted by molar-refractivity contribution is 5.80. The van der Waals surface area contributed by atoms with Crippen molar-refractivity contribution in [1.82, 2.24) is 5.32 Å². The molecular formula is C11H13F3N2O2. The maximum Gasteiger partial charge on any atom is 0.573 e. The predicted molar refractivity (Wildman–Crippen MR) is 60.3 cm³/mol. The smallest absolute Gasteiger partial charge is 0.406 e. The molecule has 1 rings (SSSR count). The molecule has 0 unspecified atom stereocenters. The Bertz CT molecular complexity index is 408. The Hall–Kier alpha value is -1.92. The zero-order chi connectivity index (χ0) is 13.6. The number of carbonyl (C=O) groups excluding carboxylic acids is 1. The molecule has 18 heavy (non-hydrogen) atoms. The maximum absolute atomic E-state index is 12.0. The van der Waals surface area contributed by atoms with E-state index in [2.05, 4.69) is 15.4 Å². The first-order chi connectivity index (χ1) is 8.40. The first-order valence-electron chi connectivity index (χ1n) is 5.27. The van der Waals surface area contributed by atoms with Crippen LogP contribution >= 0.6 is 0 Å². The van der Waals surface area contributed by atoms with Crippen LogP contribution in [0.4, 0.5) is 18.9 Å². The topological polar surface area (TPSA) is 50.4 Å². The third-order valence-corrected chi connectivity index (χ3v) is 1.89. The Kier molecular flexibility index (Phi) is 4.82. The molecule has 2 N–H and O–H groups in total. The number of likely N-dealkylation sites (N-methyl/N-ethyl adjacent to an activating group) is 1. The normalized spacial score (nSPS) is 10.9. The number of ether oxygens (including phenoxy) is 1. The highest BCUT2D eigenvalue weighted by atomic mass is 19.4. The van der Waals surface area contributed by atoms with E-state index in [1.54, 1.807) is 13.0 Å². The lowest BCUT2D eigenvalue weighted by Gasteiger charge is -2.11. The fraction of sp³-hybridized carbons (Fsp3) is 0.364. The third kappa shape index (κ3) is 5.42. The minimum absolute atomic E-state index is 0.0106. The van der Waals surface area contributed by atoms with Gasteiger partial charge in [-0.15, -0.1) is 13.2 Å². The van der Waals surface area contributed by atoms with Crippen molar-refractivity contribution in [2.24, 2.45) is 0 Å². The average molecular weight is 262 g/mol. The van der Waals surface area contributed by atoms with Crippen LogP contribution in [0.25, 0.3) is 0 Å². The minimum atomic E-state index is -4.72. The summed E-state index contributed by atoms with van der Waals surface area (Å²) >= 11 is 0. The van der Waals surface area contributed by atoms with Crippen LogP contribution < -0.4 is 15.4 Å². The zero-order valence-corrected chi connectivity index (χ0v) is 9.67. The van der Waals surface area contributed by atoms with Gasteiger partial charge in [-0.05, 0) is 19.1 Å². The summed E-state index contributed by atoms with van der Waals surface area (Å²) in [4.78, 5) is 11.1. The van der Waals surface area contributed by atoms with Crippen LogP contribution in [0.1, 0.15) is 6.92 Å². The number of anilines is 1. The fourth-order valence-corrected chi connectivity index (χ4v) is 1.25. The highest BCUT2D eigenvalue weighted by Crippen LogP contribution is 2.24. The highest BCUT2D eigenvalue weighted by Gasteiger charge is 2.31. The Labute approximate surface area is 102 Å². The van der Waals surface area contributed by atoms with Crippen LogP contribution in [0.2, 0.25) is 0 Å². The molecule has 0 fully saturated rings. The molecule has 0 bridgehead atoms. The second kappa shape index (κ2) is 6.13. The van der Waals surface area contributed by atoms with Crippen molar-refractivity contribution >= 4 is 11.6 Å². The lowest BCUT2D eigenvalue weighted by molar-refractivity contribution is -0.274. The third-order valence-electron chi connectivity index (χ3n) is 1.89. The fourth-order valence-electron chi connectivity index (χ4n) is 1.25. The minimum Gasteiger partial charge on any atom is -0.406 e. The largest absolute Gasteiger partial charge is 0.573 e. The van der Waals surface area contributed by atoms with Crippen LogP contribution in [-0.4, -0.2) is 25.4 Å². The molecule has 0 saturated carbocycles. The SMILES string of the molecule is CCNC(=O)CNc1cccc(OC(F)(F)F)c1. The van der Waals surface area contributed by atoms with Gasteiger partial charge < -0.3 is 15.4 Å². The summed E-state index contributed by atoms with van der Waals surface area (Å²) in [6, 6.07) is 5.31. The molecular weight excluding hydrogens is 249 g/mol. The van der Waals surface area contributed by atoms with Gasteiger partial charge in [0.05, 0.1) is 6.54 Å². The zero-order valence-electron chi connectivity index (χ0n) is 9.67. The summed E-state index contributed by atoms with van der Waals surface area (Å²) in [5.41, 5.74) is 0.378. The Morgan fingerprint density at radius 1 is 1.39 bits per heavy atom. The number of hydrogen-bond acceptors (Lipinski definition) is 3. The Morgan fingerprint density at radius 3 is 2.72 bits per heavy atom. The number of nitrogens with one attached hydrogen (secondary N) is 2. The molecule has 7 heteroatoms. The van der Waals surface area contributed by atoms with Gasteiger partial charge in [-0.2, -0.15) is 0 Å². The molecule has 0 atom stereocenters. The van der Waals surface area contributed by atoms with E-state index < -0.39 is 6.36 Å². The number of alkyl halides is 3. The molecule has 1 aromatic carbocycles. The van der Waals surface area contributed by atoms with Crippen LogP contribution in [0.15, 0.2) is 24.3 Å². The van der Waals surface area contributed by atoms with E-state index in [1.807, 2.05) is 0 Å². The van der Waals surface area contributed by atoms with E-state index in [0.29, 0.717) is 12.2 Å². The summed E-state index contributed by atoms with van der Waals surface area (Å²) in [5, 5.41) is 5.25. The van der Waals surface area contributed by atoms with Gasteiger partial charge in [0, 0.05) is 18.3 Å². The molecule has 0 spiro atoms. The second-order valence-electron chi connectivity index (χ2n) is 3.38. The van der Waals surface area contributed by atoms with Crippen molar-refractivity contribution in [2.45, 2.75) is 13.3 Å². The van der Waals surface area contributed by atoms with E-state index in [0.717, 1.165) is 0 Å². The van der Waals surface area contributed by atoms with Gasteiger partial charge in [-0.3, -0.25) is 4.79 Å². The molecule has 100 valence electrons. The van der Waals surface area contributed by atoms with Crippen molar-refractivity contribution in [3.63, 3.8) is 0 Å². The van der Waals surface area contributed by atoms with Crippen molar-refractivity contribution in [3.8, 4) is 5.75 Å². The number of carbonyl (C=O) groups is 1. The van der Waals surface area contributed by atoms with Gasteiger partial charge >= 0.3 is 6.36 Å². The quantitative estimate of drug-likeness (QED) is 0.854. The van der Waals surface area contributed by atoms with Gasteiger partial charge in [-0.1, -0.05) is 6.07 Å². The van der Waals surface area contributed by atoms with Crippen molar-refractivity contribution < 1.29 is 22.7 Å². The number of hydrogen-bond donors (Lipinski definition) is 2. The van der Waals surface area contributed by atoms with Gasteiger partial charge in [-0.25, -0.2) is 0 Å². The number of rotatable bonds is 5. The number of amides is 1. The summed E-state index contributed by atoms with van der Waals surface area (Å²) in [6.45, 7) is 2.26. The molecule has 0 aliphatic rings. The molecule has 4 nitrogen and oxygen atoms in total. The molecule has 0 aliphatic carbocycles.